The highest BCUT2D eigenvalue weighted by Crippen LogP contribution is 2.58. The quantitative estimate of drug-likeness (QED) is 0.749. The van der Waals surface area contributed by atoms with E-state index in [9.17, 15) is 18.0 Å². The van der Waals surface area contributed by atoms with E-state index in [-0.39, 0.29) is 29.6 Å². The van der Waals surface area contributed by atoms with Crippen molar-refractivity contribution in [2.45, 2.75) is 31.9 Å². The number of carbonyl (C=O) groups excluding carboxylic acids is 1. The van der Waals surface area contributed by atoms with Gasteiger partial charge in [-0.2, -0.15) is 13.2 Å². The molecule has 2 aromatic rings. The Balaban J connectivity index is 0.00000225. The zero-order valence-electron chi connectivity index (χ0n) is 15.0. The molecule has 1 aromatic carbocycles. The lowest BCUT2D eigenvalue weighted by Gasteiger charge is -2.22. The van der Waals surface area contributed by atoms with Crippen molar-refractivity contribution in [1.82, 2.24) is 10.3 Å². The molecule has 1 saturated heterocycles. The Hall–Kier alpha value is -1.64. The van der Waals surface area contributed by atoms with Crippen LogP contribution < -0.4 is 10.6 Å². The van der Waals surface area contributed by atoms with E-state index in [1.54, 1.807) is 6.20 Å². The number of hydrogen-bond acceptors (Lipinski definition) is 4. The molecule has 1 amide bonds. The summed E-state index contributed by atoms with van der Waals surface area (Å²) in [6, 6.07) is 5.13. The predicted octanol–water partition coefficient (Wildman–Crippen LogP) is 4.50. The fourth-order valence-corrected chi connectivity index (χ4v) is 4.70. The number of thiazole rings is 1. The molecule has 9 heteroatoms. The van der Waals surface area contributed by atoms with Gasteiger partial charge in [-0.25, -0.2) is 4.98 Å². The maximum Gasteiger partial charge on any atom is 0.416 e. The Bertz CT molecular complexity index is 832. The Labute approximate surface area is 171 Å². The van der Waals surface area contributed by atoms with Gasteiger partial charge >= 0.3 is 6.18 Å². The minimum Gasteiger partial charge on any atom is -0.317 e. The number of anilines is 1. The summed E-state index contributed by atoms with van der Waals surface area (Å²) in [7, 11) is 0. The lowest BCUT2D eigenvalue weighted by Crippen LogP contribution is -2.31. The molecule has 1 aliphatic carbocycles. The lowest BCUT2D eigenvalue weighted by atomic mass is 9.92. The molecule has 152 valence electrons. The largest absolute Gasteiger partial charge is 0.416 e. The van der Waals surface area contributed by atoms with Crippen LogP contribution in [0.5, 0.6) is 0 Å². The van der Waals surface area contributed by atoms with Gasteiger partial charge in [-0.1, -0.05) is 12.1 Å². The van der Waals surface area contributed by atoms with Crippen LogP contribution in [0.2, 0.25) is 0 Å². The van der Waals surface area contributed by atoms with Crippen molar-refractivity contribution in [2.24, 2.45) is 11.3 Å². The molecule has 28 heavy (non-hydrogen) atoms. The van der Waals surface area contributed by atoms with E-state index in [2.05, 4.69) is 15.6 Å². The molecule has 4 nitrogen and oxygen atoms in total. The molecule has 0 bridgehead atoms. The van der Waals surface area contributed by atoms with Gasteiger partial charge in [-0.05, 0) is 55.5 Å². The Kier molecular flexibility index (Phi) is 6.03. The molecule has 0 radical (unpaired) electrons. The van der Waals surface area contributed by atoms with Gasteiger partial charge in [-0.15, -0.1) is 23.7 Å². The second-order valence-corrected chi connectivity index (χ2v) is 8.48. The fourth-order valence-electron chi connectivity index (χ4n) is 3.85. The van der Waals surface area contributed by atoms with E-state index in [0.29, 0.717) is 11.6 Å². The summed E-state index contributed by atoms with van der Waals surface area (Å²) in [6.45, 7) is 1.94. The minimum atomic E-state index is -4.32. The first-order valence-corrected chi connectivity index (χ1v) is 9.80. The second kappa shape index (κ2) is 8.00. The summed E-state index contributed by atoms with van der Waals surface area (Å²) in [4.78, 5) is 17.6. The number of alkyl halides is 3. The maximum absolute atomic E-state index is 12.6. The number of nitrogens with one attached hydrogen (secondary N) is 2. The van der Waals surface area contributed by atoms with Crippen molar-refractivity contribution in [3.63, 3.8) is 0 Å². The van der Waals surface area contributed by atoms with Crippen LogP contribution in [0.15, 0.2) is 30.5 Å². The summed E-state index contributed by atoms with van der Waals surface area (Å²) in [6.07, 6.45) is 0.874. The lowest BCUT2D eigenvalue weighted by molar-refractivity contribution is -0.137. The zero-order chi connectivity index (χ0) is 19.1. The van der Waals surface area contributed by atoms with E-state index < -0.39 is 11.7 Å². The second-order valence-electron chi connectivity index (χ2n) is 7.36. The average Bonchev–Trinajstić information content (AvgIpc) is 3.14. The summed E-state index contributed by atoms with van der Waals surface area (Å²) in [5.41, 5.74) is 0.301. The van der Waals surface area contributed by atoms with Gasteiger partial charge in [-0.3, -0.25) is 4.79 Å². The number of hydrogen-bond donors (Lipinski definition) is 2. The van der Waals surface area contributed by atoms with Crippen molar-refractivity contribution >= 4 is 34.8 Å². The Morgan fingerprint density at radius 3 is 2.57 bits per heavy atom. The summed E-state index contributed by atoms with van der Waals surface area (Å²) < 4.78 is 37.9. The van der Waals surface area contributed by atoms with Gasteiger partial charge in [0.25, 0.3) is 0 Å². The van der Waals surface area contributed by atoms with Gasteiger partial charge in [0.1, 0.15) is 0 Å². The predicted molar refractivity (Wildman–Crippen MR) is 105 cm³/mol. The number of halogens is 4. The highest BCUT2D eigenvalue weighted by Gasteiger charge is 2.57. The van der Waals surface area contributed by atoms with Crippen LogP contribution in [0.1, 0.15) is 35.3 Å². The first kappa shape index (κ1) is 21.1. The molecule has 2 N–H and O–H groups in total. The Morgan fingerprint density at radius 2 is 1.93 bits per heavy atom. The van der Waals surface area contributed by atoms with Crippen molar-refractivity contribution in [2.75, 3.05) is 18.4 Å². The van der Waals surface area contributed by atoms with Crippen LogP contribution in [-0.2, 0) is 17.4 Å². The third-order valence-electron chi connectivity index (χ3n) is 5.55. The highest BCUT2D eigenvalue weighted by atomic mass is 35.5. The van der Waals surface area contributed by atoms with E-state index in [0.717, 1.165) is 54.9 Å². The maximum atomic E-state index is 12.6. The minimum absolute atomic E-state index is 0. The van der Waals surface area contributed by atoms with Gasteiger partial charge in [0, 0.05) is 23.4 Å². The monoisotopic (exact) mass is 431 g/mol. The first-order chi connectivity index (χ1) is 12.9. The van der Waals surface area contributed by atoms with Crippen LogP contribution in [-0.4, -0.2) is 24.0 Å². The normalized spacial score (nSPS) is 20.5. The van der Waals surface area contributed by atoms with E-state index in [4.69, 9.17) is 0 Å². The molecular formula is C19H21ClF3N3OS. The third-order valence-corrected chi connectivity index (χ3v) is 6.46. The number of aromatic nitrogens is 1. The van der Waals surface area contributed by atoms with Crippen LogP contribution in [0.25, 0.3) is 0 Å². The van der Waals surface area contributed by atoms with Crippen LogP contribution in [0.3, 0.4) is 0 Å². The van der Waals surface area contributed by atoms with E-state index >= 15 is 0 Å². The third kappa shape index (κ3) is 4.50. The topological polar surface area (TPSA) is 54.0 Å². The molecule has 1 aromatic heterocycles. The molecule has 2 heterocycles. The van der Waals surface area contributed by atoms with Crippen molar-refractivity contribution in [1.29, 1.82) is 0 Å². The first-order valence-electron chi connectivity index (χ1n) is 8.98. The number of piperidine rings is 1. The van der Waals surface area contributed by atoms with E-state index in [1.807, 2.05) is 0 Å². The van der Waals surface area contributed by atoms with E-state index in [1.165, 1.54) is 23.5 Å². The summed E-state index contributed by atoms with van der Waals surface area (Å²) >= 11 is 1.37. The average molecular weight is 432 g/mol. The smallest absolute Gasteiger partial charge is 0.317 e. The van der Waals surface area contributed by atoms with Crippen molar-refractivity contribution < 1.29 is 18.0 Å². The molecule has 1 unspecified atom stereocenters. The van der Waals surface area contributed by atoms with Gasteiger partial charge in [0.2, 0.25) is 5.91 Å². The Morgan fingerprint density at radius 1 is 1.25 bits per heavy atom. The standard InChI is InChI=1S/C19H20F3N3OS.ClH/c20-19(21,22)13-3-1-12(2-4-13)9-14-11-24-17(27-14)25-16(26)15-10-18(15)5-7-23-8-6-18;/h1-4,11,15,23H,5-10H2,(H,24,25,26);1H. The van der Waals surface area contributed by atoms with Crippen LogP contribution in [0, 0.1) is 11.3 Å². The van der Waals surface area contributed by atoms with Crippen molar-refractivity contribution in [3.8, 4) is 0 Å². The molecule has 2 fully saturated rings. The molecule has 4 rings (SSSR count). The SMILES string of the molecule is Cl.O=C(Nc1ncc(Cc2ccc(C(F)(F)F)cc2)s1)C1CC12CCNCC2. The van der Waals surface area contributed by atoms with Gasteiger partial charge in [0.15, 0.2) is 5.13 Å². The number of rotatable bonds is 4. The number of nitrogens with zero attached hydrogens (tertiary/aromatic N) is 1. The summed E-state index contributed by atoms with van der Waals surface area (Å²) in [5, 5.41) is 6.79. The van der Waals surface area contributed by atoms with Crippen LogP contribution >= 0.6 is 23.7 Å². The number of carbonyl (C=O) groups is 1. The molecular weight excluding hydrogens is 411 g/mol. The summed E-state index contributed by atoms with van der Waals surface area (Å²) in [5.74, 6) is 0.106. The van der Waals surface area contributed by atoms with Gasteiger partial charge < -0.3 is 10.6 Å². The number of benzene rings is 1. The van der Waals surface area contributed by atoms with Gasteiger partial charge in [0.05, 0.1) is 5.56 Å². The zero-order valence-corrected chi connectivity index (χ0v) is 16.6. The molecule has 1 spiro atoms. The molecule has 1 aliphatic heterocycles. The highest BCUT2D eigenvalue weighted by molar-refractivity contribution is 7.15. The molecule has 2 aliphatic rings. The number of amides is 1. The fraction of sp³-hybridized carbons (Fsp3) is 0.474. The molecule has 1 saturated carbocycles. The van der Waals surface area contributed by atoms with Crippen molar-refractivity contribution in [3.05, 3.63) is 46.5 Å². The molecule has 1 atom stereocenters. The van der Waals surface area contributed by atoms with Crippen LogP contribution in [0.4, 0.5) is 18.3 Å².